The fourth-order valence-corrected chi connectivity index (χ4v) is 8.08. The predicted molar refractivity (Wildman–Crippen MR) is 231 cm³/mol. The number of rotatable bonds is 26. The number of likely N-dealkylation sites (N-methyl/N-ethyl adjacent to an activating group) is 2. The first kappa shape index (κ1) is 50.9. The molecule has 5 atom stereocenters. The molecule has 62 heavy (non-hydrogen) atoms. The Morgan fingerprint density at radius 1 is 0.871 bits per heavy atom. The highest BCUT2D eigenvalue weighted by atomic mass is 35.5. The second-order valence-electron chi connectivity index (χ2n) is 15.0. The fraction of sp³-hybridized carbons (Fsp3) is 0.452. The molecular weight excluding hydrogens is 846 g/mol. The number of sulfonamides is 1. The summed E-state index contributed by atoms with van der Waals surface area (Å²) in [5.41, 5.74) is 6.67. The summed E-state index contributed by atoms with van der Waals surface area (Å²) in [6.45, 7) is 1.13. The van der Waals surface area contributed by atoms with E-state index >= 15 is 0 Å². The van der Waals surface area contributed by atoms with Gasteiger partial charge in [0.05, 0.1) is 29.9 Å². The minimum absolute atomic E-state index is 0.0871. The molecule has 6 N–H and O–H groups in total. The standard InChI is InChI=1S/C42H56ClN7O11S/c1-28(44)40(54)47-35(27-61-4)42(56)49(3)34(23-30-17-19-32(43)20-18-30)25-38(51)45-26-33(48(2)41(55)31(24-39(52)53)22-29-12-6-5-7-13-29)14-10-11-21-46-62(59,60)37-16-9-8-15-36(37)50(57)58/h5-9,12-13,15-20,28,31,33-35,46H,10-11,14,21-27,44H2,1-4H3,(H,45,51)(H,47,54)(H,52,53)/t28-,31+,33-,34-,35-/m0/s1. The lowest BCUT2D eigenvalue weighted by Crippen LogP contribution is -2.55. The summed E-state index contributed by atoms with van der Waals surface area (Å²) in [5.74, 6) is -4.18. The first-order valence-electron chi connectivity index (χ1n) is 19.9. The molecule has 4 amide bonds. The van der Waals surface area contributed by atoms with Gasteiger partial charge < -0.3 is 36.0 Å². The average Bonchev–Trinajstić information content (AvgIpc) is 3.23. The number of amides is 4. The van der Waals surface area contributed by atoms with Crippen molar-refractivity contribution < 1.29 is 47.2 Å². The molecule has 0 unspecified atom stereocenters. The Balaban J connectivity index is 1.84. The number of para-hydroxylation sites is 1. The summed E-state index contributed by atoms with van der Waals surface area (Å²) in [5, 5.41) is 27.1. The Morgan fingerprint density at radius 2 is 1.48 bits per heavy atom. The number of unbranched alkanes of at least 4 members (excludes halogenated alkanes) is 1. The monoisotopic (exact) mass is 901 g/mol. The summed E-state index contributed by atoms with van der Waals surface area (Å²) in [4.78, 5) is 79.0. The third kappa shape index (κ3) is 16.1. The van der Waals surface area contributed by atoms with E-state index in [1.54, 1.807) is 54.6 Å². The van der Waals surface area contributed by atoms with Gasteiger partial charge in [-0.05, 0) is 61.9 Å². The zero-order valence-corrected chi connectivity index (χ0v) is 36.8. The fourth-order valence-electron chi connectivity index (χ4n) is 6.71. The zero-order valence-electron chi connectivity index (χ0n) is 35.2. The van der Waals surface area contributed by atoms with E-state index in [-0.39, 0.29) is 51.8 Å². The maximum Gasteiger partial charge on any atom is 0.304 e. The molecule has 0 heterocycles. The summed E-state index contributed by atoms with van der Waals surface area (Å²) >= 11 is 6.11. The Morgan fingerprint density at radius 3 is 2.10 bits per heavy atom. The number of nitrogens with one attached hydrogen (secondary N) is 3. The van der Waals surface area contributed by atoms with E-state index in [1.807, 2.05) is 0 Å². The number of methoxy groups -OCH3 is 1. The molecule has 0 bridgehead atoms. The SMILES string of the molecule is COC[C@H](NC(=O)[C@H](C)N)C(=O)N(C)[C@H](CC(=O)NC[C@H](CCCCNS(=O)(=O)c1ccccc1[N+](=O)[O-])N(C)C(=O)[C@@H](CC(=O)O)Cc1ccccc1)Cc1ccc(Cl)cc1. The van der Waals surface area contributed by atoms with Gasteiger partial charge in [-0.2, -0.15) is 0 Å². The normalized spacial score (nSPS) is 13.8. The number of nitro benzene ring substituents is 1. The lowest BCUT2D eigenvalue weighted by molar-refractivity contribution is -0.387. The van der Waals surface area contributed by atoms with Crippen LogP contribution in [0.15, 0.2) is 83.8 Å². The molecule has 0 aliphatic heterocycles. The summed E-state index contributed by atoms with van der Waals surface area (Å²) in [6.07, 6.45) is 0.506. The van der Waals surface area contributed by atoms with E-state index in [4.69, 9.17) is 22.1 Å². The van der Waals surface area contributed by atoms with Gasteiger partial charge in [0.1, 0.15) is 6.04 Å². The van der Waals surface area contributed by atoms with Crippen LogP contribution < -0.4 is 21.1 Å². The second kappa shape index (κ2) is 24.8. The van der Waals surface area contributed by atoms with Crippen LogP contribution >= 0.6 is 11.6 Å². The van der Waals surface area contributed by atoms with Gasteiger partial charge in [0, 0.05) is 63.9 Å². The molecule has 3 rings (SSSR count). The molecular formula is C42H56ClN7O11S. The minimum atomic E-state index is -4.25. The largest absolute Gasteiger partial charge is 0.481 e. The number of benzene rings is 3. The smallest absolute Gasteiger partial charge is 0.304 e. The van der Waals surface area contributed by atoms with Crippen LogP contribution in [0, 0.1) is 16.0 Å². The topological polar surface area (TPSA) is 261 Å². The van der Waals surface area contributed by atoms with Gasteiger partial charge in [0.25, 0.3) is 5.69 Å². The lowest BCUT2D eigenvalue weighted by atomic mass is 9.94. The maximum absolute atomic E-state index is 14.0. The summed E-state index contributed by atoms with van der Waals surface area (Å²) in [7, 11) is 0.145. The van der Waals surface area contributed by atoms with Crippen LogP contribution in [-0.4, -0.2) is 123 Å². The molecule has 0 spiro atoms. The van der Waals surface area contributed by atoms with Gasteiger partial charge in [0.15, 0.2) is 4.90 Å². The van der Waals surface area contributed by atoms with Crippen LogP contribution in [0.3, 0.4) is 0 Å². The first-order chi connectivity index (χ1) is 29.3. The van der Waals surface area contributed by atoms with E-state index in [0.717, 1.165) is 23.3 Å². The van der Waals surface area contributed by atoms with Crippen molar-refractivity contribution in [3.63, 3.8) is 0 Å². The Labute approximate surface area is 366 Å². The molecule has 3 aromatic rings. The molecule has 0 saturated heterocycles. The second-order valence-corrected chi connectivity index (χ2v) is 17.1. The highest BCUT2D eigenvalue weighted by molar-refractivity contribution is 7.89. The van der Waals surface area contributed by atoms with Gasteiger partial charge in [0.2, 0.25) is 33.7 Å². The Bertz CT molecular complexity index is 2090. The average molecular weight is 902 g/mol. The van der Waals surface area contributed by atoms with Crippen LogP contribution in [0.2, 0.25) is 5.02 Å². The van der Waals surface area contributed by atoms with Crippen molar-refractivity contribution in [1.29, 1.82) is 0 Å². The zero-order chi connectivity index (χ0) is 46.0. The molecule has 3 aromatic carbocycles. The van der Waals surface area contributed by atoms with Crippen molar-refractivity contribution in [3.8, 4) is 0 Å². The molecule has 0 aliphatic carbocycles. The van der Waals surface area contributed by atoms with Crippen molar-refractivity contribution in [3.05, 3.63) is 105 Å². The van der Waals surface area contributed by atoms with Gasteiger partial charge in [-0.15, -0.1) is 0 Å². The number of aliphatic carboxylic acids is 1. The highest BCUT2D eigenvalue weighted by Gasteiger charge is 2.33. The first-order valence-corrected chi connectivity index (χ1v) is 21.8. The van der Waals surface area contributed by atoms with Gasteiger partial charge >= 0.3 is 5.97 Å². The van der Waals surface area contributed by atoms with Crippen LogP contribution in [0.4, 0.5) is 5.69 Å². The van der Waals surface area contributed by atoms with Crippen molar-refractivity contribution in [2.45, 2.75) is 80.9 Å². The van der Waals surface area contributed by atoms with Crippen molar-refractivity contribution in [2.24, 2.45) is 11.7 Å². The number of carbonyl (C=O) groups is 5. The number of carboxylic acids is 1. The number of hydrogen-bond donors (Lipinski definition) is 5. The quantitative estimate of drug-likeness (QED) is 0.0443. The van der Waals surface area contributed by atoms with Crippen LogP contribution in [0.25, 0.3) is 0 Å². The molecule has 0 aliphatic rings. The molecule has 18 nitrogen and oxygen atoms in total. The number of nitrogens with two attached hydrogens (primary N) is 1. The van der Waals surface area contributed by atoms with Gasteiger partial charge in [-0.25, -0.2) is 13.1 Å². The predicted octanol–water partition coefficient (Wildman–Crippen LogP) is 2.91. The van der Waals surface area contributed by atoms with Crippen molar-refractivity contribution in [2.75, 3.05) is 40.9 Å². The number of nitrogens with zero attached hydrogens (tertiary/aromatic N) is 3. The number of carboxylic acid groups (broad SMARTS) is 1. The van der Waals surface area contributed by atoms with Crippen LogP contribution in [0.1, 0.15) is 50.2 Å². The molecule has 0 radical (unpaired) electrons. The number of nitro groups is 1. The van der Waals surface area contributed by atoms with E-state index < -0.39 is 91.6 Å². The minimum Gasteiger partial charge on any atom is -0.481 e. The Hall–Kier alpha value is -5.47. The van der Waals surface area contributed by atoms with E-state index in [9.17, 15) is 47.6 Å². The number of halogens is 1. The van der Waals surface area contributed by atoms with E-state index in [2.05, 4.69) is 15.4 Å². The summed E-state index contributed by atoms with van der Waals surface area (Å²) in [6, 6.07) is 17.3. The molecule has 0 aromatic heterocycles. The molecule has 0 saturated carbocycles. The van der Waals surface area contributed by atoms with Gasteiger partial charge in [-0.1, -0.05) is 72.6 Å². The van der Waals surface area contributed by atoms with E-state index in [1.165, 1.54) is 50.1 Å². The third-order valence-corrected chi connectivity index (χ3v) is 12.0. The molecule has 0 fully saturated rings. The van der Waals surface area contributed by atoms with Crippen molar-refractivity contribution in [1.82, 2.24) is 25.2 Å². The highest BCUT2D eigenvalue weighted by Crippen LogP contribution is 2.23. The molecule has 20 heteroatoms. The lowest BCUT2D eigenvalue weighted by Gasteiger charge is -2.33. The van der Waals surface area contributed by atoms with Crippen LogP contribution in [-0.2, 0) is 51.6 Å². The number of ether oxygens (including phenoxy) is 1. The third-order valence-electron chi connectivity index (χ3n) is 10.2. The molecule has 338 valence electrons. The Kier molecular flexibility index (Phi) is 20.4. The maximum atomic E-state index is 14.0. The number of carbonyl (C=O) groups excluding carboxylic acids is 4. The summed E-state index contributed by atoms with van der Waals surface area (Å²) < 4.78 is 33.5. The van der Waals surface area contributed by atoms with Crippen molar-refractivity contribution >= 4 is 56.9 Å². The van der Waals surface area contributed by atoms with Crippen LogP contribution in [0.5, 0.6) is 0 Å². The van der Waals surface area contributed by atoms with Gasteiger partial charge in [-0.3, -0.25) is 34.1 Å². The van der Waals surface area contributed by atoms with E-state index in [0.29, 0.717) is 11.4 Å². The number of hydrogen-bond acceptors (Lipinski definition) is 11.